The SMILES string of the molecule is Fc1cc(-c2ccccc2)cs1. The minimum Gasteiger partial charge on any atom is -0.195 e. The quantitative estimate of drug-likeness (QED) is 0.626. The molecule has 1 aromatic heterocycles. The minimum absolute atomic E-state index is 0.131. The first-order valence-corrected chi connectivity index (χ1v) is 4.54. The lowest BCUT2D eigenvalue weighted by atomic mass is 10.1. The van der Waals surface area contributed by atoms with Gasteiger partial charge in [0.05, 0.1) is 0 Å². The van der Waals surface area contributed by atoms with E-state index in [1.807, 2.05) is 35.7 Å². The summed E-state index contributed by atoms with van der Waals surface area (Å²) in [5.41, 5.74) is 2.02. The molecule has 0 fully saturated rings. The molecule has 0 amide bonds. The van der Waals surface area contributed by atoms with E-state index in [0.717, 1.165) is 22.5 Å². The van der Waals surface area contributed by atoms with Crippen molar-refractivity contribution in [3.8, 4) is 11.1 Å². The Morgan fingerprint density at radius 2 is 1.75 bits per heavy atom. The average Bonchev–Trinajstić information content (AvgIpc) is 2.54. The Kier molecular flexibility index (Phi) is 1.92. The molecular weight excluding hydrogens is 171 g/mol. The summed E-state index contributed by atoms with van der Waals surface area (Å²) in [6.45, 7) is 0. The summed E-state index contributed by atoms with van der Waals surface area (Å²) in [4.78, 5) is 0. The van der Waals surface area contributed by atoms with Crippen molar-refractivity contribution in [2.45, 2.75) is 0 Å². The molecule has 0 bridgehead atoms. The van der Waals surface area contributed by atoms with Gasteiger partial charge in [-0.25, -0.2) is 0 Å². The second-order valence-electron chi connectivity index (χ2n) is 2.51. The first-order chi connectivity index (χ1) is 5.86. The van der Waals surface area contributed by atoms with Crippen molar-refractivity contribution in [2.75, 3.05) is 0 Å². The van der Waals surface area contributed by atoms with Gasteiger partial charge >= 0.3 is 0 Å². The molecule has 0 spiro atoms. The summed E-state index contributed by atoms with van der Waals surface area (Å²) in [6.07, 6.45) is 0. The molecule has 12 heavy (non-hydrogen) atoms. The van der Waals surface area contributed by atoms with Gasteiger partial charge in [-0.05, 0) is 17.2 Å². The molecule has 0 N–H and O–H groups in total. The molecule has 0 aliphatic carbocycles. The van der Waals surface area contributed by atoms with Crippen molar-refractivity contribution in [3.05, 3.63) is 46.9 Å². The second-order valence-corrected chi connectivity index (χ2v) is 3.37. The normalized spacial score (nSPS) is 10.1. The molecule has 1 heterocycles. The standard InChI is InChI=1S/C10H7FS/c11-10-6-9(7-12-10)8-4-2-1-3-5-8/h1-7H. The third-order valence-corrected chi connectivity index (χ3v) is 2.39. The van der Waals surface area contributed by atoms with Crippen molar-refractivity contribution in [1.29, 1.82) is 0 Å². The smallest absolute Gasteiger partial charge is 0.177 e. The van der Waals surface area contributed by atoms with E-state index in [9.17, 15) is 4.39 Å². The van der Waals surface area contributed by atoms with Crippen molar-refractivity contribution in [1.82, 2.24) is 0 Å². The van der Waals surface area contributed by atoms with Crippen molar-refractivity contribution in [2.24, 2.45) is 0 Å². The van der Waals surface area contributed by atoms with Crippen LogP contribution in [0.25, 0.3) is 11.1 Å². The van der Waals surface area contributed by atoms with Crippen LogP contribution >= 0.6 is 11.3 Å². The van der Waals surface area contributed by atoms with Gasteiger partial charge in [-0.1, -0.05) is 30.3 Å². The zero-order valence-electron chi connectivity index (χ0n) is 6.33. The van der Waals surface area contributed by atoms with E-state index in [0.29, 0.717) is 0 Å². The van der Waals surface area contributed by atoms with Gasteiger partial charge in [0.15, 0.2) is 5.13 Å². The largest absolute Gasteiger partial charge is 0.195 e. The van der Waals surface area contributed by atoms with E-state index in [1.54, 1.807) is 6.07 Å². The number of halogens is 1. The van der Waals surface area contributed by atoms with Crippen LogP contribution in [-0.4, -0.2) is 0 Å². The highest BCUT2D eigenvalue weighted by molar-refractivity contribution is 7.08. The van der Waals surface area contributed by atoms with Crippen LogP contribution in [0.15, 0.2) is 41.8 Å². The van der Waals surface area contributed by atoms with Gasteiger partial charge in [0.2, 0.25) is 0 Å². The van der Waals surface area contributed by atoms with E-state index < -0.39 is 0 Å². The first kappa shape index (κ1) is 7.50. The minimum atomic E-state index is -0.131. The predicted molar refractivity (Wildman–Crippen MR) is 49.7 cm³/mol. The van der Waals surface area contributed by atoms with Crippen LogP contribution < -0.4 is 0 Å². The fraction of sp³-hybridized carbons (Fsp3) is 0. The van der Waals surface area contributed by atoms with Gasteiger partial charge < -0.3 is 0 Å². The van der Waals surface area contributed by atoms with E-state index in [-0.39, 0.29) is 5.13 Å². The van der Waals surface area contributed by atoms with E-state index in [1.165, 1.54) is 0 Å². The van der Waals surface area contributed by atoms with Crippen molar-refractivity contribution in [3.63, 3.8) is 0 Å². The highest BCUT2D eigenvalue weighted by atomic mass is 32.1. The van der Waals surface area contributed by atoms with Gasteiger partial charge in [-0.3, -0.25) is 0 Å². The molecule has 2 heteroatoms. The second kappa shape index (κ2) is 3.07. The van der Waals surface area contributed by atoms with E-state index in [2.05, 4.69) is 0 Å². The Bertz CT molecular complexity index is 364. The Labute approximate surface area is 74.3 Å². The lowest BCUT2D eigenvalue weighted by Crippen LogP contribution is -1.69. The third kappa shape index (κ3) is 1.38. The Balaban J connectivity index is 2.45. The topological polar surface area (TPSA) is 0 Å². The van der Waals surface area contributed by atoms with Crippen LogP contribution in [0.4, 0.5) is 4.39 Å². The fourth-order valence-electron chi connectivity index (χ4n) is 1.09. The maximum absolute atomic E-state index is 12.6. The average molecular weight is 178 g/mol. The monoisotopic (exact) mass is 178 g/mol. The van der Waals surface area contributed by atoms with Crippen LogP contribution in [0.1, 0.15) is 0 Å². The van der Waals surface area contributed by atoms with Gasteiger partial charge in [0.25, 0.3) is 0 Å². The predicted octanol–water partition coefficient (Wildman–Crippen LogP) is 3.55. The molecule has 0 aliphatic heterocycles. The number of thiophene rings is 1. The van der Waals surface area contributed by atoms with Gasteiger partial charge in [-0.2, -0.15) is 4.39 Å². The van der Waals surface area contributed by atoms with E-state index >= 15 is 0 Å². The Morgan fingerprint density at radius 3 is 2.33 bits per heavy atom. The highest BCUT2D eigenvalue weighted by Gasteiger charge is 1.99. The number of benzene rings is 1. The molecule has 1 aromatic carbocycles. The molecule has 2 rings (SSSR count). The maximum Gasteiger partial charge on any atom is 0.177 e. The molecule has 0 atom stereocenters. The first-order valence-electron chi connectivity index (χ1n) is 3.66. The zero-order valence-corrected chi connectivity index (χ0v) is 7.14. The summed E-state index contributed by atoms with van der Waals surface area (Å²) < 4.78 is 12.6. The van der Waals surface area contributed by atoms with Crippen LogP contribution in [0.5, 0.6) is 0 Å². The summed E-state index contributed by atoms with van der Waals surface area (Å²) in [5.74, 6) is 0. The van der Waals surface area contributed by atoms with Crippen LogP contribution in [-0.2, 0) is 0 Å². The van der Waals surface area contributed by atoms with Gasteiger partial charge in [0, 0.05) is 5.38 Å². The molecule has 0 unspecified atom stereocenters. The highest BCUT2D eigenvalue weighted by Crippen LogP contribution is 2.23. The molecule has 0 aliphatic rings. The van der Waals surface area contributed by atoms with Crippen LogP contribution in [0.2, 0.25) is 0 Å². The van der Waals surface area contributed by atoms with Gasteiger partial charge in [-0.15, -0.1) is 11.3 Å². The van der Waals surface area contributed by atoms with Crippen molar-refractivity contribution < 1.29 is 4.39 Å². The fourth-order valence-corrected chi connectivity index (χ4v) is 1.73. The number of hydrogen-bond acceptors (Lipinski definition) is 1. The molecule has 0 radical (unpaired) electrons. The van der Waals surface area contributed by atoms with Crippen LogP contribution in [0, 0.1) is 5.13 Å². The van der Waals surface area contributed by atoms with Gasteiger partial charge in [0.1, 0.15) is 0 Å². The molecule has 0 nitrogen and oxygen atoms in total. The Morgan fingerprint density at radius 1 is 1.00 bits per heavy atom. The molecule has 0 saturated carbocycles. The number of hydrogen-bond donors (Lipinski definition) is 0. The zero-order chi connectivity index (χ0) is 8.39. The molecule has 60 valence electrons. The van der Waals surface area contributed by atoms with Crippen molar-refractivity contribution >= 4 is 11.3 Å². The number of rotatable bonds is 1. The molecule has 2 aromatic rings. The van der Waals surface area contributed by atoms with Crippen LogP contribution in [0.3, 0.4) is 0 Å². The summed E-state index contributed by atoms with van der Waals surface area (Å²) in [5, 5.41) is 1.69. The summed E-state index contributed by atoms with van der Waals surface area (Å²) in [6, 6.07) is 11.4. The summed E-state index contributed by atoms with van der Waals surface area (Å²) in [7, 11) is 0. The maximum atomic E-state index is 12.6. The third-order valence-electron chi connectivity index (χ3n) is 1.67. The van der Waals surface area contributed by atoms with E-state index in [4.69, 9.17) is 0 Å². The molecular formula is C10H7FS. The summed E-state index contributed by atoms with van der Waals surface area (Å²) >= 11 is 1.13. The Hall–Kier alpha value is -1.15. The molecule has 0 saturated heterocycles. The lowest BCUT2D eigenvalue weighted by molar-refractivity contribution is 0.657. The lowest BCUT2D eigenvalue weighted by Gasteiger charge is -1.93.